The Balaban J connectivity index is 1.58. The van der Waals surface area contributed by atoms with Crippen molar-refractivity contribution in [3.8, 4) is 11.1 Å². The van der Waals surface area contributed by atoms with Crippen LogP contribution < -0.4 is 4.90 Å². The van der Waals surface area contributed by atoms with Crippen molar-refractivity contribution < 1.29 is 19.4 Å². The lowest BCUT2D eigenvalue weighted by Crippen LogP contribution is -2.37. The van der Waals surface area contributed by atoms with E-state index in [2.05, 4.69) is 28.1 Å². The van der Waals surface area contributed by atoms with Crippen LogP contribution in [0, 0.1) is 0 Å². The highest BCUT2D eigenvalue weighted by Gasteiger charge is 2.30. The van der Waals surface area contributed by atoms with E-state index in [9.17, 15) is 14.7 Å². The van der Waals surface area contributed by atoms with Crippen molar-refractivity contribution in [2.45, 2.75) is 5.92 Å². The van der Waals surface area contributed by atoms with Crippen molar-refractivity contribution in [2.75, 3.05) is 18.1 Å². The van der Waals surface area contributed by atoms with E-state index in [1.165, 1.54) is 0 Å². The second kappa shape index (κ2) is 8.09. The first-order chi connectivity index (χ1) is 14.1. The molecule has 0 bridgehead atoms. The molecule has 0 aliphatic heterocycles. The summed E-state index contributed by atoms with van der Waals surface area (Å²) in [5.41, 5.74) is 4.93. The summed E-state index contributed by atoms with van der Waals surface area (Å²) in [4.78, 5) is 25.3. The van der Waals surface area contributed by atoms with Crippen LogP contribution in [0.1, 0.15) is 17.0 Å². The molecule has 1 aliphatic carbocycles. The lowest BCUT2D eigenvalue weighted by atomic mass is 9.98. The molecule has 146 valence electrons. The Labute approximate surface area is 176 Å². The van der Waals surface area contributed by atoms with Gasteiger partial charge in [0.1, 0.15) is 13.2 Å². The Bertz CT molecular complexity index is 1040. The molecule has 1 amide bonds. The third-order valence-electron chi connectivity index (χ3n) is 4.99. The number of hydrogen-bond donors (Lipinski definition) is 1. The van der Waals surface area contributed by atoms with Crippen molar-refractivity contribution in [3.05, 3.63) is 88.4 Å². The molecule has 29 heavy (non-hydrogen) atoms. The van der Waals surface area contributed by atoms with E-state index in [1.807, 2.05) is 36.4 Å². The predicted molar refractivity (Wildman–Crippen MR) is 114 cm³/mol. The maximum atomic E-state index is 12.8. The van der Waals surface area contributed by atoms with E-state index < -0.39 is 18.6 Å². The number of rotatable bonds is 5. The second-order valence-electron chi connectivity index (χ2n) is 6.74. The van der Waals surface area contributed by atoms with Gasteiger partial charge in [0.05, 0.1) is 5.69 Å². The number of amides is 1. The van der Waals surface area contributed by atoms with Gasteiger partial charge in [0.2, 0.25) is 0 Å². The fraction of sp³-hybridized carbons (Fsp3) is 0.130. The average Bonchev–Trinajstić information content (AvgIpc) is 3.05. The largest absolute Gasteiger partial charge is 0.480 e. The standard InChI is InChI=1S/C23H18BrNO4/c24-20-11-5-6-12-21(20)25(13-22(26)27)23(28)29-14-19-17-9-3-1-7-15(17)16-8-2-4-10-18(16)19/h1-12,19H,13-14H2,(H,26,27). The number of fused-ring (bicyclic) bond motifs is 3. The van der Waals surface area contributed by atoms with E-state index in [0.29, 0.717) is 10.2 Å². The minimum atomic E-state index is -1.12. The van der Waals surface area contributed by atoms with Gasteiger partial charge in [-0.1, -0.05) is 60.7 Å². The Kier molecular flexibility index (Phi) is 5.36. The monoisotopic (exact) mass is 451 g/mol. The summed E-state index contributed by atoms with van der Waals surface area (Å²) in [5, 5.41) is 9.26. The molecule has 0 atom stereocenters. The topological polar surface area (TPSA) is 66.8 Å². The highest BCUT2D eigenvalue weighted by atomic mass is 79.9. The number of para-hydroxylation sites is 1. The van der Waals surface area contributed by atoms with Gasteiger partial charge in [-0.3, -0.25) is 9.69 Å². The molecule has 0 radical (unpaired) electrons. The first kappa shape index (κ1) is 19.2. The number of nitrogens with zero attached hydrogens (tertiary/aromatic N) is 1. The molecule has 0 fully saturated rings. The molecule has 0 unspecified atom stereocenters. The van der Waals surface area contributed by atoms with Crippen LogP contribution in [-0.2, 0) is 9.53 Å². The molecule has 0 aromatic heterocycles. The molecule has 5 nitrogen and oxygen atoms in total. The van der Waals surface area contributed by atoms with Gasteiger partial charge >= 0.3 is 12.1 Å². The Hall–Kier alpha value is -3.12. The summed E-state index contributed by atoms with van der Waals surface area (Å²) in [5.74, 6) is -1.20. The van der Waals surface area contributed by atoms with Crippen molar-refractivity contribution >= 4 is 33.7 Å². The zero-order valence-electron chi connectivity index (χ0n) is 15.4. The van der Waals surface area contributed by atoms with Gasteiger partial charge in [-0.2, -0.15) is 0 Å². The zero-order valence-corrected chi connectivity index (χ0v) is 17.0. The predicted octanol–water partition coefficient (Wildman–Crippen LogP) is 5.29. The summed E-state index contributed by atoms with van der Waals surface area (Å²) in [7, 11) is 0. The van der Waals surface area contributed by atoms with Crippen LogP contribution in [0.4, 0.5) is 10.5 Å². The molecule has 0 heterocycles. The summed E-state index contributed by atoms with van der Waals surface area (Å²) in [6.45, 7) is -0.354. The number of benzene rings is 3. The maximum Gasteiger partial charge on any atom is 0.414 e. The fourth-order valence-electron chi connectivity index (χ4n) is 3.73. The van der Waals surface area contributed by atoms with Gasteiger partial charge in [-0.15, -0.1) is 0 Å². The molecule has 3 aromatic rings. The van der Waals surface area contributed by atoms with Crippen LogP contribution in [0.15, 0.2) is 77.3 Å². The third-order valence-corrected chi connectivity index (χ3v) is 5.66. The quantitative estimate of drug-likeness (QED) is 0.572. The van der Waals surface area contributed by atoms with Crippen LogP contribution >= 0.6 is 15.9 Å². The normalized spacial score (nSPS) is 12.2. The summed E-state index contributed by atoms with van der Waals surface area (Å²) < 4.78 is 6.24. The molecule has 1 aliphatic rings. The molecule has 6 heteroatoms. The molecule has 4 rings (SSSR count). The molecular weight excluding hydrogens is 434 g/mol. The number of hydrogen-bond acceptors (Lipinski definition) is 3. The van der Waals surface area contributed by atoms with Gasteiger partial charge in [0, 0.05) is 10.4 Å². The van der Waals surface area contributed by atoms with E-state index in [1.54, 1.807) is 24.3 Å². The number of anilines is 1. The third kappa shape index (κ3) is 3.76. The highest BCUT2D eigenvalue weighted by Crippen LogP contribution is 2.44. The highest BCUT2D eigenvalue weighted by molar-refractivity contribution is 9.10. The van der Waals surface area contributed by atoms with E-state index in [4.69, 9.17) is 4.74 Å². The van der Waals surface area contributed by atoms with Crippen LogP contribution in [-0.4, -0.2) is 30.3 Å². The Morgan fingerprint density at radius 1 is 0.897 bits per heavy atom. The minimum Gasteiger partial charge on any atom is -0.480 e. The van der Waals surface area contributed by atoms with Crippen molar-refractivity contribution in [1.82, 2.24) is 0 Å². The molecule has 1 N–H and O–H groups in total. The fourth-order valence-corrected chi connectivity index (χ4v) is 4.22. The molecule has 0 spiro atoms. The summed E-state index contributed by atoms with van der Waals surface area (Å²) in [6.07, 6.45) is -0.693. The molecule has 0 saturated heterocycles. The SMILES string of the molecule is O=C(O)CN(C(=O)OCC1c2ccccc2-c2ccccc21)c1ccccc1Br. The first-order valence-electron chi connectivity index (χ1n) is 9.15. The van der Waals surface area contributed by atoms with Gasteiger partial charge < -0.3 is 9.84 Å². The van der Waals surface area contributed by atoms with Crippen LogP contribution in [0.2, 0.25) is 0 Å². The number of carboxylic acid groups (broad SMARTS) is 1. The number of carbonyl (C=O) groups excluding carboxylic acids is 1. The lowest BCUT2D eigenvalue weighted by Gasteiger charge is -2.23. The number of halogens is 1. The summed E-state index contributed by atoms with van der Waals surface area (Å²) in [6, 6.07) is 23.1. The zero-order chi connectivity index (χ0) is 20.4. The summed E-state index contributed by atoms with van der Waals surface area (Å²) >= 11 is 3.37. The van der Waals surface area contributed by atoms with Gasteiger partial charge in [0.25, 0.3) is 0 Å². The average molecular weight is 452 g/mol. The van der Waals surface area contributed by atoms with Gasteiger partial charge in [-0.05, 0) is 50.3 Å². The molecule has 0 saturated carbocycles. The minimum absolute atomic E-state index is 0.0859. The van der Waals surface area contributed by atoms with Crippen molar-refractivity contribution in [3.63, 3.8) is 0 Å². The lowest BCUT2D eigenvalue weighted by molar-refractivity contribution is -0.135. The maximum absolute atomic E-state index is 12.8. The van der Waals surface area contributed by atoms with Crippen molar-refractivity contribution in [1.29, 1.82) is 0 Å². The number of carboxylic acids is 1. The van der Waals surface area contributed by atoms with Crippen LogP contribution in [0.25, 0.3) is 11.1 Å². The van der Waals surface area contributed by atoms with Gasteiger partial charge in [-0.25, -0.2) is 4.79 Å². The van der Waals surface area contributed by atoms with E-state index in [-0.39, 0.29) is 12.5 Å². The number of ether oxygens (including phenoxy) is 1. The van der Waals surface area contributed by atoms with E-state index in [0.717, 1.165) is 27.2 Å². The van der Waals surface area contributed by atoms with Gasteiger partial charge in [0.15, 0.2) is 0 Å². The van der Waals surface area contributed by atoms with Crippen LogP contribution in [0.5, 0.6) is 0 Å². The Morgan fingerprint density at radius 2 is 1.45 bits per heavy atom. The number of aliphatic carboxylic acids is 1. The van der Waals surface area contributed by atoms with E-state index >= 15 is 0 Å². The number of carbonyl (C=O) groups is 2. The first-order valence-corrected chi connectivity index (χ1v) is 9.94. The molecule has 3 aromatic carbocycles. The molecular formula is C23H18BrNO4. The smallest absolute Gasteiger partial charge is 0.414 e. The second-order valence-corrected chi connectivity index (χ2v) is 7.59. The van der Waals surface area contributed by atoms with Crippen molar-refractivity contribution in [2.24, 2.45) is 0 Å². The van der Waals surface area contributed by atoms with Crippen LogP contribution in [0.3, 0.4) is 0 Å². The Morgan fingerprint density at radius 3 is 2.03 bits per heavy atom.